The molecule has 0 amide bonds. The predicted octanol–water partition coefficient (Wildman–Crippen LogP) is 3.02. The van der Waals surface area contributed by atoms with Crippen LogP contribution in [0.25, 0.3) is 0 Å². The minimum Gasteiger partial charge on any atom is -0.497 e. The summed E-state index contributed by atoms with van der Waals surface area (Å²) in [5, 5.41) is 0. The van der Waals surface area contributed by atoms with Crippen LogP contribution in [0.5, 0.6) is 5.75 Å². The van der Waals surface area contributed by atoms with Crippen LogP contribution in [0.4, 0.5) is 11.5 Å². The fraction of sp³-hybridized carbons (Fsp3) is 0.167. The van der Waals surface area contributed by atoms with Crippen molar-refractivity contribution in [2.45, 2.75) is 0 Å². The quantitative estimate of drug-likeness (QED) is 0.816. The molecule has 0 N–H and O–H groups in total. The largest absolute Gasteiger partial charge is 0.497 e. The van der Waals surface area contributed by atoms with Crippen molar-refractivity contribution < 1.29 is 4.74 Å². The monoisotopic (exact) mass is 293 g/mol. The van der Waals surface area contributed by atoms with Crippen molar-refractivity contribution in [1.29, 1.82) is 0 Å². The van der Waals surface area contributed by atoms with E-state index in [9.17, 15) is 0 Å². The van der Waals surface area contributed by atoms with E-state index in [-0.39, 0.29) is 0 Å². The van der Waals surface area contributed by atoms with Crippen LogP contribution in [0.1, 0.15) is 0 Å². The summed E-state index contributed by atoms with van der Waals surface area (Å²) in [6.07, 6.45) is 1.52. The first-order chi connectivity index (χ1) is 8.20. The number of aromatic nitrogens is 2. The molecule has 4 nitrogen and oxygen atoms in total. The third kappa shape index (κ3) is 2.74. The summed E-state index contributed by atoms with van der Waals surface area (Å²) in [6.45, 7) is 0. The van der Waals surface area contributed by atoms with Gasteiger partial charge in [0.2, 0.25) is 0 Å². The van der Waals surface area contributed by atoms with Crippen molar-refractivity contribution in [3.8, 4) is 5.75 Å². The van der Waals surface area contributed by atoms with E-state index in [1.165, 1.54) is 6.33 Å². The number of methoxy groups -OCH3 is 1. The number of nitrogens with zero attached hydrogens (tertiary/aromatic N) is 3. The van der Waals surface area contributed by atoms with Crippen molar-refractivity contribution in [2.24, 2.45) is 0 Å². The maximum absolute atomic E-state index is 5.20. The lowest BCUT2D eigenvalue weighted by molar-refractivity contribution is 0.415. The van der Waals surface area contributed by atoms with Gasteiger partial charge in [-0.1, -0.05) is 6.07 Å². The maximum Gasteiger partial charge on any atom is 0.137 e. The zero-order valence-electron chi connectivity index (χ0n) is 9.59. The molecule has 0 aliphatic rings. The van der Waals surface area contributed by atoms with Crippen molar-refractivity contribution in [3.63, 3.8) is 0 Å². The van der Waals surface area contributed by atoms with Gasteiger partial charge in [-0.2, -0.15) is 0 Å². The predicted molar refractivity (Wildman–Crippen MR) is 70.8 cm³/mol. The second-order valence-corrected chi connectivity index (χ2v) is 4.27. The van der Waals surface area contributed by atoms with Gasteiger partial charge in [-0.25, -0.2) is 9.97 Å². The van der Waals surface area contributed by atoms with E-state index in [1.54, 1.807) is 7.11 Å². The van der Waals surface area contributed by atoms with Crippen LogP contribution in [-0.2, 0) is 0 Å². The third-order valence-electron chi connectivity index (χ3n) is 2.40. The first-order valence-electron chi connectivity index (χ1n) is 5.06. The maximum atomic E-state index is 5.20. The van der Waals surface area contributed by atoms with Crippen LogP contribution in [0.15, 0.2) is 41.3 Å². The van der Waals surface area contributed by atoms with E-state index >= 15 is 0 Å². The highest BCUT2D eigenvalue weighted by Gasteiger charge is 2.06. The Labute approximate surface area is 108 Å². The molecule has 17 heavy (non-hydrogen) atoms. The molecule has 1 heterocycles. The fourth-order valence-electron chi connectivity index (χ4n) is 1.46. The summed E-state index contributed by atoms with van der Waals surface area (Å²) in [4.78, 5) is 10.2. The van der Waals surface area contributed by atoms with Crippen LogP contribution in [0.2, 0.25) is 0 Å². The van der Waals surface area contributed by atoms with Crippen LogP contribution in [0.3, 0.4) is 0 Å². The van der Waals surface area contributed by atoms with Gasteiger partial charge in [0.05, 0.1) is 7.11 Å². The average molecular weight is 294 g/mol. The summed E-state index contributed by atoms with van der Waals surface area (Å²) in [7, 11) is 3.60. The lowest BCUT2D eigenvalue weighted by Crippen LogP contribution is -2.11. The van der Waals surface area contributed by atoms with Gasteiger partial charge in [0.1, 0.15) is 22.5 Å². The molecule has 2 rings (SSSR count). The molecule has 0 aliphatic carbocycles. The average Bonchev–Trinajstić information content (AvgIpc) is 2.38. The number of benzene rings is 1. The Kier molecular flexibility index (Phi) is 3.58. The lowest BCUT2D eigenvalue weighted by Gasteiger charge is -2.18. The molecule has 1 aromatic carbocycles. The minimum atomic E-state index is 0.761. The fourth-order valence-corrected chi connectivity index (χ4v) is 1.76. The number of hydrogen-bond acceptors (Lipinski definition) is 4. The normalized spacial score (nSPS) is 10.1. The van der Waals surface area contributed by atoms with Gasteiger partial charge in [0, 0.05) is 24.9 Å². The van der Waals surface area contributed by atoms with E-state index in [2.05, 4.69) is 25.9 Å². The smallest absolute Gasteiger partial charge is 0.137 e. The number of halogens is 1. The summed E-state index contributed by atoms with van der Waals surface area (Å²) >= 11 is 3.33. The van der Waals surface area contributed by atoms with Crippen LogP contribution < -0.4 is 9.64 Å². The molecule has 0 saturated carbocycles. The van der Waals surface area contributed by atoms with Crippen molar-refractivity contribution in [3.05, 3.63) is 41.3 Å². The number of rotatable bonds is 3. The van der Waals surface area contributed by atoms with Gasteiger partial charge < -0.3 is 9.64 Å². The highest BCUT2D eigenvalue weighted by molar-refractivity contribution is 9.10. The highest BCUT2D eigenvalue weighted by Crippen LogP contribution is 2.25. The van der Waals surface area contributed by atoms with Gasteiger partial charge in [-0.3, -0.25) is 0 Å². The molecule has 0 spiro atoms. The first-order valence-corrected chi connectivity index (χ1v) is 5.85. The van der Waals surface area contributed by atoms with Crippen molar-refractivity contribution >= 4 is 27.4 Å². The molecule has 0 fully saturated rings. The standard InChI is InChI=1S/C12H12BrN3O/c1-16(12-7-11(13)14-8-15-12)9-4-3-5-10(6-9)17-2/h3-8H,1-2H3. The molecule has 0 saturated heterocycles. The Bertz CT molecular complexity index is 519. The summed E-state index contributed by atoms with van der Waals surface area (Å²) < 4.78 is 5.96. The summed E-state index contributed by atoms with van der Waals surface area (Å²) in [5.74, 6) is 1.64. The van der Waals surface area contributed by atoms with Crippen LogP contribution in [0, 0.1) is 0 Å². The van der Waals surface area contributed by atoms with Gasteiger partial charge in [-0.05, 0) is 28.1 Å². The Morgan fingerprint density at radius 3 is 2.76 bits per heavy atom. The van der Waals surface area contributed by atoms with Gasteiger partial charge in [0.15, 0.2) is 0 Å². The van der Waals surface area contributed by atoms with E-state index in [0.29, 0.717) is 0 Å². The lowest BCUT2D eigenvalue weighted by atomic mass is 10.3. The molecule has 5 heteroatoms. The SMILES string of the molecule is COc1cccc(N(C)c2cc(Br)ncn2)c1. The Hall–Kier alpha value is -1.62. The van der Waals surface area contributed by atoms with Gasteiger partial charge in [-0.15, -0.1) is 0 Å². The molecular formula is C12H12BrN3O. The molecule has 1 aromatic heterocycles. The van der Waals surface area contributed by atoms with E-state index in [1.807, 2.05) is 42.3 Å². The summed E-state index contributed by atoms with van der Waals surface area (Å²) in [6, 6.07) is 9.67. The number of anilines is 2. The molecule has 0 unspecified atom stereocenters. The molecule has 0 aliphatic heterocycles. The first kappa shape index (κ1) is 11.9. The Balaban J connectivity index is 2.33. The van der Waals surface area contributed by atoms with E-state index < -0.39 is 0 Å². The summed E-state index contributed by atoms with van der Waals surface area (Å²) in [5.41, 5.74) is 1.01. The minimum absolute atomic E-state index is 0.761. The number of ether oxygens (including phenoxy) is 1. The van der Waals surface area contributed by atoms with E-state index in [0.717, 1.165) is 21.9 Å². The molecule has 2 aromatic rings. The Morgan fingerprint density at radius 1 is 1.24 bits per heavy atom. The third-order valence-corrected chi connectivity index (χ3v) is 2.84. The van der Waals surface area contributed by atoms with Crippen LogP contribution >= 0.6 is 15.9 Å². The zero-order chi connectivity index (χ0) is 12.3. The topological polar surface area (TPSA) is 38.2 Å². The molecule has 0 radical (unpaired) electrons. The zero-order valence-corrected chi connectivity index (χ0v) is 11.2. The molecule has 0 bridgehead atoms. The van der Waals surface area contributed by atoms with Crippen LogP contribution in [-0.4, -0.2) is 24.1 Å². The van der Waals surface area contributed by atoms with Gasteiger partial charge in [0.25, 0.3) is 0 Å². The van der Waals surface area contributed by atoms with Crippen molar-refractivity contribution in [1.82, 2.24) is 9.97 Å². The molecular weight excluding hydrogens is 282 g/mol. The molecule has 0 atom stereocenters. The second-order valence-electron chi connectivity index (χ2n) is 3.46. The molecule has 88 valence electrons. The van der Waals surface area contributed by atoms with Crippen molar-refractivity contribution in [2.75, 3.05) is 19.1 Å². The van der Waals surface area contributed by atoms with E-state index in [4.69, 9.17) is 4.74 Å². The second kappa shape index (κ2) is 5.14. The number of hydrogen-bond donors (Lipinski definition) is 0. The Morgan fingerprint density at radius 2 is 2.06 bits per heavy atom. The van der Waals surface area contributed by atoms with Gasteiger partial charge >= 0.3 is 0 Å². The highest BCUT2D eigenvalue weighted by atomic mass is 79.9.